The van der Waals surface area contributed by atoms with Crippen molar-refractivity contribution >= 4 is 22.6 Å². The molecule has 0 radical (unpaired) electrons. The molecule has 0 bridgehead atoms. The Hall–Kier alpha value is -1.94. The molecule has 90 valence electrons. The van der Waals surface area contributed by atoms with Gasteiger partial charge in [-0.3, -0.25) is 0 Å². The number of fused-ring (bicyclic) bond motifs is 1. The van der Waals surface area contributed by atoms with Gasteiger partial charge in [-0.25, -0.2) is 13.8 Å². The van der Waals surface area contributed by atoms with Gasteiger partial charge in [0.2, 0.25) is 0 Å². The van der Waals surface area contributed by atoms with Crippen molar-refractivity contribution < 1.29 is 8.78 Å². The van der Waals surface area contributed by atoms with E-state index in [1.165, 1.54) is 18.2 Å². The highest BCUT2D eigenvalue weighted by molar-refractivity contribution is 6.31. The van der Waals surface area contributed by atoms with E-state index >= 15 is 0 Å². The highest BCUT2D eigenvalue weighted by atomic mass is 35.5. The van der Waals surface area contributed by atoms with Crippen molar-refractivity contribution in [1.82, 2.24) is 9.97 Å². The predicted octanol–water partition coefficient (Wildman–Crippen LogP) is 4.16. The Morgan fingerprint density at radius 2 is 1.83 bits per heavy atom. The smallest absolute Gasteiger partial charge is 0.152 e. The number of halogens is 3. The molecule has 0 aliphatic rings. The fourth-order valence-electron chi connectivity index (χ4n) is 1.81. The van der Waals surface area contributed by atoms with Crippen LogP contribution in [0.5, 0.6) is 0 Å². The van der Waals surface area contributed by atoms with Gasteiger partial charge < -0.3 is 4.98 Å². The van der Waals surface area contributed by atoms with Crippen LogP contribution in [-0.4, -0.2) is 9.97 Å². The molecule has 3 aromatic rings. The third-order valence-electron chi connectivity index (χ3n) is 2.67. The van der Waals surface area contributed by atoms with Crippen LogP contribution in [0, 0.1) is 11.6 Å². The summed E-state index contributed by atoms with van der Waals surface area (Å²) in [6, 6.07) is 9.15. The minimum atomic E-state index is -0.571. The molecule has 1 aromatic heterocycles. The summed E-state index contributed by atoms with van der Waals surface area (Å²) in [4.78, 5) is 6.93. The average molecular weight is 265 g/mol. The highest BCUT2D eigenvalue weighted by Crippen LogP contribution is 2.27. The van der Waals surface area contributed by atoms with Crippen molar-refractivity contribution in [2.75, 3.05) is 0 Å². The van der Waals surface area contributed by atoms with E-state index in [2.05, 4.69) is 9.97 Å². The summed E-state index contributed by atoms with van der Waals surface area (Å²) in [6.07, 6.45) is 0. The van der Waals surface area contributed by atoms with Gasteiger partial charge in [-0.15, -0.1) is 0 Å². The summed E-state index contributed by atoms with van der Waals surface area (Å²) in [5.74, 6) is -0.758. The summed E-state index contributed by atoms with van der Waals surface area (Å²) < 4.78 is 27.3. The zero-order valence-electron chi connectivity index (χ0n) is 9.05. The van der Waals surface area contributed by atoms with Crippen molar-refractivity contribution in [3.05, 3.63) is 53.1 Å². The van der Waals surface area contributed by atoms with Crippen LogP contribution in [0.2, 0.25) is 5.02 Å². The molecule has 3 rings (SSSR count). The van der Waals surface area contributed by atoms with Crippen molar-refractivity contribution in [3.63, 3.8) is 0 Å². The van der Waals surface area contributed by atoms with Gasteiger partial charge in [-0.1, -0.05) is 23.7 Å². The number of para-hydroxylation sites is 1. The largest absolute Gasteiger partial charge is 0.338 e. The van der Waals surface area contributed by atoms with Gasteiger partial charge in [0.1, 0.15) is 11.3 Å². The van der Waals surface area contributed by atoms with Crippen LogP contribution in [0.1, 0.15) is 0 Å². The molecule has 0 amide bonds. The molecular weight excluding hydrogens is 258 g/mol. The number of nitrogens with zero attached hydrogens (tertiary/aromatic N) is 1. The lowest BCUT2D eigenvalue weighted by Gasteiger charge is -2.00. The number of rotatable bonds is 1. The molecule has 0 fully saturated rings. The Morgan fingerprint density at radius 3 is 2.61 bits per heavy atom. The van der Waals surface area contributed by atoms with Crippen LogP contribution < -0.4 is 0 Å². The molecule has 0 aliphatic heterocycles. The molecule has 1 heterocycles. The van der Waals surface area contributed by atoms with E-state index in [9.17, 15) is 8.78 Å². The minimum Gasteiger partial charge on any atom is -0.338 e. The lowest BCUT2D eigenvalue weighted by molar-refractivity contribution is 0.630. The van der Waals surface area contributed by atoms with Crippen LogP contribution in [-0.2, 0) is 0 Å². The molecule has 0 aliphatic carbocycles. The maximum atomic E-state index is 13.8. The molecule has 18 heavy (non-hydrogen) atoms. The molecule has 0 atom stereocenters. The maximum Gasteiger partial charge on any atom is 0.152 e. The molecule has 0 saturated heterocycles. The molecule has 0 unspecified atom stereocenters. The molecule has 2 aromatic carbocycles. The standard InChI is InChI=1S/C13H7ClF2N2/c14-8-4-1-3-7(11(8)16)13-17-10-6-2-5-9(15)12(10)18-13/h1-6H,(H,17,18). The first-order valence-corrected chi connectivity index (χ1v) is 5.63. The summed E-state index contributed by atoms with van der Waals surface area (Å²) in [5.41, 5.74) is 0.925. The molecule has 0 saturated carbocycles. The number of hydrogen-bond acceptors (Lipinski definition) is 1. The second kappa shape index (κ2) is 4.07. The quantitative estimate of drug-likeness (QED) is 0.702. The Bertz CT molecular complexity index is 737. The van der Waals surface area contributed by atoms with E-state index in [0.29, 0.717) is 5.52 Å². The normalized spacial score (nSPS) is 11.1. The number of imidazole rings is 1. The summed E-state index contributed by atoms with van der Waals surface area (Å²) in [6.45, 7) is 0. The van der Waals surface area contributed by atoms with E-state index in [1.807, 2.05) is 0 Å². The third kappa shape index (κ3) is 1.66. The molecule has 5 heteroatoms. The van der Waals surface area contributed by atoms with E-state index in [4.69, 9.17) is 11.6 Å². The SMILES string of the molecule is Fc1c(Cl)cccc1-c1nc2c(F)cccc2[nH]1. The number of H-pyrrole nitrogens is 1. The lowest BCUT2D eigenvalue weighted by Crippen LogP contribution is -1.87. The van der Waals surface area contributed by atoms with Gasteiger partial charge in [0.05, 0.1) is 16.1 Å². The first-order valence-electron chi connectivity index (χ1n) is 5.25. The van der Waals surface area contributed by atoms with Gasteiger partial charge in [0, 0.05) is 0 Å². The van der Waals surface area contributed by atoms with E-state index in [0.717, 1.165) is 0 Å². The topological polar surface area (TPSA) is 28.7 Å². The molecule has 2 nitrogen and oxygen atoms in total. The Kier molecular flexibility index (Phi) is 2.52. The number of hydrogen-bond donors (Lipinski definition) is 1. The van der Waals surface area contributed by atoms with E-state index in [-0.39, 0.29) is 21.9 Å². The van der Waals surface area contributed by atoms with Crippen LogP contribution in [0.25, 0.3) is 22.4 Å². The highest BCUT2D eigenvalue weighted by Gasteiger charge is 2.13. The van der Waals surface area contributed by atoms with Crippen LogP contribution >= 0.6 is 11.6 Å². The Morgan fingerprint density at radius 1 is 1.06 bits per heavy atom. The monoisotopic (exact) mass is 264 g/mol. The van der Waals surface area contributed by atoms with Gasteiger partial charge in [-0.05, 0) is 24.3 Å². The second-order valence-electron chi connectivity index (χ2n) is 3.82. The number of aromatic nitrogens is 2. The van der Waals surface area contributed by atoms with Crippen molar-refractivity contribution in [3.8, 4) is 11.4 Å². The summed E-state index contributed by atoms with van der Waals surface area (Å²) in [5, 5.41) is 0.00780. The molecule has 1 N–H and O–H groups in total. The third-order valence-corrected chi connectivity index (χ3v) is 2.96. The van der Waals surface area contributed by atoms with Gasteiger partial charge >= 0.3 is 0 Å². The number of aromatic amines is 1. The zero-order valence-corrected chi connectivity index (χ0v) is 9.80. The van der Waals surface area contributed by atoms with E-state index < -0.39 is 11.6 Å². The van der Waals surface area contributed by atoms with Crippen molar-refractivity contribution in [2.24, 2.45) is 0 Å². The Labute approximate surface area is 106 Å². The predicted molar refractivity (Wildman–Crippen MR) is 66.5 cm³/mol. The molecular formula is C13H7ClF2N2. The van der Waals surface area contributed by atoms with E-state index in [1.54, 1.807) is 18.2 Å². The number of benzene rings is 2. The van der Waals surface area contributed by atoms with Gasteiger partial charge in [0.25, 0.3) is 0 Å². The first-order chi connectivity index (χ1) is 8.66. The molecule has 0 spiro atoms. The maximum absolute atomic E-state index is 13.8. The fraction of sp³-hybridized carbons (Fsp3) is 0. The second-order valence-corrected chi connectivity index (χ2v) is 4.23. The number of nitrogens with one attached hydrogen (secondary N) is 1. The van der Waals surface area contributed by atoms with Crippen molar-refractivity contribution in [2.45, 2.75) is 0 Å². The van der Waals surface area contributed by atoms with Gasteiger partial charge in [0.15, 0.2) is 11.6 Å². The average Bonchev–Trinajstić information content (AvgIpc) is 2.78. The minimum absolute atomic E-state index is 0.00780. The fourth-order valence-corrected chi connectivity index (χ4v) is 1.99. The lowest BCUT2D eigenvalue weighted by atomic mass is 10.2. The zero-order chi connectivity index (χ0) is 12.7. The van der Waals surface area contributed by atoms with Gasteiger partial charge in [-0.2, -0.15) is 0 Å². The van der Waals surface area contributed by atoms with Crippen molar-refractivity contribution in [1.29, 1.82) is 0 Å². The summed E-state index contributed by atoms with van der Waals surface area (Å²) >= 11 is 5.70. The first kappa shape index (κ1) is 11.2. The van der Waals surface area contributed by atoms with Crippen LogP contribution in [0.15, 0.2) is 36.4 Å². The summed E-state index contributed by atoms with van der Waals surface area (Å²) in [7, 11) is 0. The Balaban J connectivity index is 2.26. The van der Waals surface area contributed by atoms with Crippen LogP contribution in [0.4, 0.5) is 8.78 Å². The van der Waals surface area contributed by atoms with Crippen LogP contribution in [0.3, 0.4) is 0 Å².